The number of aryl methyl sites for hydroxylation is 1. The van der Waals surface area contributed by atoms with E-state index in [9.17, 15) is 4.79 Å². The lowest BCUT2D eigenvalue weighted by atomic mass is 10.3. The van der Waals surface area contributed by atoms with Crippen molar-refractivity contribution in [1.29, 1.82) is 0 Å². The molecule has 1 aromatic heterocycles. The minimum Gasteiger partial charge on any atom is -0.478 e. The predicted molar refractivity (Wildman–Crippen MR) is 61.0 cm³/mol. The summed E-state index contributed by atoms with van der Waals surface area (Å²) in [6, 6.07) is 11.1. The highest BCUT2D eigenvalue weighted by atomic mass is 32.2. The number of carbonyl (C=O) groups is 1. The molecule has 0 saturated carbocycles. The molecule has 1 N–H and O–H groups in total. The number of aromatic carboxylic acids is 1. The lowest BCUT2D eigenvalue weighted by Gasteiger charge is -1.98. The summed E-state index contributed by atoms with van der Waals surface area (Å²) in [6.07, 6.45) is 0. The molecule has 0 aliphatic rings. The fourth-order valence-corrected chi connectivity index (χ4v) is 2.25. The maximum Gasteiger partial charge on any atom is 0.340 e. The Morgan fingerprint density at radius 3 is 2.62 bits per heavy atom. The van der Waals surface area contributed by atoms with Gasteiger partial charge in [0.05, 0.1) is 0 Å². The number of hydrogen-bond donors (Lipinski definition) is 1. The zero-order chi connectivity index (χ0) is 11.5. The SMILES string of the molecule is Cc1cc(C(=O)O)c(Sc2ccccc2)o1. The molecular formula is C12H10O3S. The van der Waals surface area contributed by atoms with Crippen LogP contribution in [0, 0.1) is 6.92 Å². The highest BCUT2D eigenvalue weighted by Gasteiger charge is 2.16. The van der Waals surface area contributed by atoms with Crippen molar-refractivity contribution in [2.24, 2.45) is 0 Å². The van der Waals surface area contributed by atoms with Crippen LogP contribution >= 0.6 is 11.8 Å². The zero-order valence-electron chi connectivity index (χ0n) is 8.64. The third-order valence-corrected chi connectivity index (χ3v) is 3.00. The first kappa shape index (κ1) is 10.8. The summed E-state index contributed by atoms with van der Waals surface area (Å²) in [5, 5.41) is 9.41. The van der Waals surface area contributed by atoms with Gasteiger partial charge in [-0.3, -0.25) is 0 Å². The Balaban J connectivity index is 2.31. The number of carboxylic acid groups (broad SMARTS) is 1. The largest absolute Gasteiger partial charge is 0.478 e. The van der Waals surface area contributed by atoms with Crippen molar-refractivity contribution >= 4 is 17.7 Å². The molecule has 0 bridgehead atoms. The van der Waals surface area contributed by atoms with E-state index < -0.39 is 5.97 Å². The van der Waals surface area contributed by atoms with Crippen molar-refractivity contribution < 1.29 is 14.3 Å². The van der Waals surface area contributed by atoms with Gasteiger partial charge in [-0.05, 0) is 25.1 Å². The van der Waals surface area contributed by atoms with Crippen LogP contribution in [0.4, 0.5) is 0 Å². The molecule has 0 spiro atoms. The Morgan fingerprint density at radius 1 is 1.31 bits per heavy atom. The second kappa shape index (κ2) is 4.45. The summed E-state index contributed by atoms with van der Waals surface area (Å²) in [7, 11) is 0. The number of furan rings is 1. The van der Waals surface area contributed by atoms with Crippen molar-refractivity contribution in [3.63, 3.8) is 0 Å². The van der Waals surface area contributed by atoms with Gasteiger partial charge >= 0.3 is 5.97 Å². The van der Waals surface area contributed by atoms with Crippen LogP contribution in [0.25, 0.3) is 0 Å². The van der Waals surface area contributed by atoms with Crippen molar-refractivity contribution in [2.45, 2.75) is 16.9 Å². The van der Waals surface area contributed by atoms with Gasteiger partial charge in [0.15, 0.2) is 5.09 Å². The molecule has 2 aromatic rings. The Hall–Kier alpha value is -1.68. The van der Waals surface area contributed by atoms with Gasteiger partial charge in [0.1, 0.15) is 11.3 Å². The van der Waals surface area contributed by atoms with Crippen LogP contribution in [-0.4, -0.2) is 11.1 Å². The molecule has 0 amide bonds. The van der Waals surface area contributed by atoms with E-state index in [0.29, 0.717) is 10.9 Å². The summed E-state index contributed by atoms with van der Waals surface area (Å²) in [6.45, 7) is 1.74. The molecule has 2 rings (SSSR count). The van der Waals surface area contributed by atoms with Gasteiger partial charge in [-0.15, -0.1) is 0 Å². The van der Waals surface area contributed by atoms with Gasteiger partial charge in [0.25, 0.3) is 0 Å². The smallest absolute Gasteiger partial charge is 0.340 e. The van der Waals surface area contributed by atoms with Gasteiger partial charge in [0, 0.05) is 4.90 Å². The summed E-state index contributed by atoms with van der Waals surface area (Å²) in [5.74, 6) is -0.355. The van der Waals surface area contributed by atoms with Crippen LogP contribution in [0.15, 0.2) is 50.8 Å². The Labute approximate surface area is 97.1 Å². The average Bonchev–Trinajstić information content (AvgIpc) is 2.61. The zero-order valence-corrected chi connectivity index (χ0v) is 9.45. The fourth-order valence-electron chi connectivity index (χ4n) is 1.31. The van der Waals surface area contributed by atoms with Gasteiger partial charge in [-0.25, -0.2) is 4.79 Å². The van der Waals surface area contributed by atoms with Crippen LogP contribution < -0.4 is 0 Å². The van der Waals surface area contributed by atoms with Gasteiger partial charge in [-0.1, -0.05) is 30.0 Å². The van der Waals surface area contributed by atoms with Crippen molar-refractivity contribution in [1.82, 2.24) is 0 Å². The monoisotopic (exact) mass is 234 g/mol. The van der Waals surface area contributed by atoms with Crippen molar-refractivity contribution in [3.05, 3.63) is 47.7 Å². The van der Waals surface area contributed by atoms with Crippen LogP contribution in [0.1, 0.15) is 16.1 Å². The first-order valence-corrected chi connectivity index (χ1v) is 5.55. The van der Waals surface area contributed by atoms with Crippen LogP contribution in [0.5, 0.6) is 0 Å². The second-order valence-corrected chi connectivity index (χ2v) is 4.32. The van der Waals surface area contributed by atoms with E-state index in [1.165, 1.54) is 17.8 Å². The van der Waals surface area contributed by atoms with E-state index in [0.717, 1.165) is 4.90 Å². The van der Waals surface area contributed by atoms with E-state index in [1.807, 2.05) is 30.3 Å². The molecule has 0 atom stereocenters. The van der Waals surface area contributed by atoms with Gasteiger partial charge < -0.3 is 9.52 Å². The molecule has 0 saturated heterocycles. The number of benzene rings is 1. The van der Waals surface area contributed by atoms with E-state index >= 15 is 0 Å². The second-order valence-electron chi connectivity index (χ2n) is 3.28. The van der Waals surface area contributed by atoms with Gasteiger partial charge in [0.2, 0.25) is 0 Å². The maximum atomic E-state index is 11.0. The van der Waals surface area contributed by atoms with Crippen molar-refractivity contribution in [2.75, 3.05) is 0 Å². The molecule has 0 aliphatic carbocycles. The molecule has 0 radical (unpaired) electrons. The molecule has 0 fully saturated rings. The van der Waals surface area contributed by atoms with E-state index in [2.05, 4.69) is 0 Å². The van der Waals surface area contributed by atoms with E-state index in [4.69, 9.17) is 9.52 Å². The average molecular weight is 234 g/mol. The highest BCUT2D eigenvalue weighted by Crippen LogP contribution is 2.32. The fraction of sp³-hybridized carbons (Fsp3) is 0.0833. The molecule has 16 heavy (non-hydrogen) atoms. The van der Waals surface area contributed by atoms with E-state index in [-0.39, 0.29) is 5.56 Å². The third kappa shape index (κ3) is 2.28. The lowest BCUT2D eigenvalue weighted by molar-refractivity contribution is 0.0690. The lowest BCUT2D eigenvalue weighted by Crippen LogP contribution is -1.94. The topological polar surface area (TPSA) is 50.4 Å². The summed E-state index contributed by atoms with van der Waals surface area (Å²) >= 11 is 1.32. The van der Waals surface area contributed by atoms with Crippen molar-refractivity contribution in [3.8, 4) is 0 Å². The standard InChI is InChI=1S/C12H10O3S/c1-8-7-10(11(13)14)12(15-8)16-9-5-3-2-4-6-9/h2-7H,1H3,(H,13,14). The number of hydrogen-bond acceptors (Lipinski definition) is 3. The van der Waals surface area contributed by atoms with Crippen LogP contribution in [0.2, 0.25) is 0 Å². The molecule has 0 aliphatic heterocycles. The number of rotatable bonds is 3. The first-order chi connectivity index (χ1) is 7.66. The quantitative estimate of drug-likeness (QED) is 0.883. The predicted octanol–water partition coefficient (Wildman–Crippen LogP) is 3.44. The summed E-state index contributed by atoms with van der Waals surface area (Å²) < 4.78 is 5.36. The summed E-state index contributed by atoms with van der Waals surface area (Å²) in [4.78, 5) is 11.9. The van der Waals surface area contributed by atoms with E-state index in [1.54, 1.807) is 6.92 Å². The maximum absolute atomic E-state index is 11.0. The molecule has 1 aromatic carbocycles. The minimum atomic E-state index is -0.963. The Morgan fingerprint density at radius 2 is 2.00 bits per heavy atom. The Bertz CT molecular complexity index is 502. The van der Waals surface area contributed by atoms with Crippen LogP contribution in [0.3, 0.4) is 0 Å². The molecule has 4 heteroatoms. The molecule has 82 valence electrons. The Kier molecular flexibility index (Phi) is 3.01. The summed E-state index contributed by atoms with van der Waals surface area (Å²) in [5.41, 5.74) is 0.214. The molecule has 3 nitrogen and oxygen atoms in total. The highest BCUT2D eigenvalue weighted by molar-refractivity contribution is 7.99. The van der Waals surface area contributed by atoms with Crippen LogP contribution in [-0.2, 0) is 0 Å². The normalized spacial score (nSPS) is 10.3. The molecule has 1 heterocycles. The number of carboxylic acids is 1. The third-order valence-electron chi connectivity index (χ3n) is 2.01. The molecule has 0 unspecified atom stereocenters. The van der Waals surface area contributed by atoms with Gasteiger partial charge in [-0.2, -0.15) is 0 Å². The first-order valence-electron chi connectivity index (χ1n) is 4.73. The minimum absolute atomic E-state index is 0.214. The molecular weight excluding hydrogens is 224 g/mol.